The molecule has 0 saturated carbocycles. The zero-order valence-electron chi connectivity index (χ0n) is 10.7. The van der Waals surface area contributed by atoms with E-state index in [1.807, 2.05) is 13.0 Å². The summed E-state index contributed by atoms with van der Waals surface area (Å²) in [5.74, 6) is -0.259. The van der Waals surface area contributed by atoms with Crippen LogP contribution in [0.25, 0.3) is 0 Å². The second-order valence-electron chi connectivity index (χ2n) is 4.26. The van der Waals surface area contributed by atoms with Crippen molar-refractivity contribution in [1.29, 1.82) is 0 Å². The maximum absolute atomic E-state index is 11.7. The van der Waals surface area contributed by atoms with Gasteiger partial charge in [0.15, 0.2) is 0 Å². The summed E-state index contributed by atoms with van der Waals surface area (Å²) < 4.78 is 0. The van der Waals surface area contributed by atoms with Gasteiger partial charge in [0.1, 0.15) is 0 Å². The molecule has 18 heavy (non-hydrogen) atoms. The van der Waals surface area contributed by atoms with Gasteiger partial charge >= 0.3 is 0 Å². The predicted octanol–water partition coefficient (Wildman–Crippen LogP) is 2.77. The molecule has 2 N–H and O–H groups in total. The molecule has 1 atom stereocenters. The second kappa shape index (κ2) is 6.40. The molecule has 98 valence electrons. The molecular weight excluding hydrogens is 252 g/mol. The minimum absolute atomic E-state index is 0.131. The number of anilines is 2. The Hall–Kier alpha value is -1.55. The van der Waals surface area contributed by atoms with Crippen LogP contribution in [0.5, 0.6) is 0 Å². The molecule has 0 radical (unpaired) electrons. The first-order chi connectivity index (χ1) is 8.43. The molecule has 1 aromatic rings. The third-order valence-corrected chi connectivity index (χ3v) is 2.96. The van der Waals surface area contributed by atoms with Crippen LogP contribution in [0.4, 0.5) is 11.4 Å². The molecule has 0 aliphatic carbocycles. The van der Waals surface area contributed by atoms with Crippen molar-refractivity contribution in [3.05, 3.63) is 23.8 Å². The van der Waals surface area contributed by atoms with Crippen LogP contribution < -0.4 is 10.6 Å². The quantitative estimate of drug-likeness (QED) is 0.825. The lowest BCUT2D eigenvalue weighted by Gasteiger charge is -2.13. The number of nitrogens with one attached hydrogen (secondary N) is 2. The van der Waals surface area contributed by atoms with Gasteiger partial charge < -0.3 is 10.6 Å². The van der Waals surface area contributed by atoms with Gasteiger partial charge in [0.25, 0.3) is 0 Å². The highest BCUT2D eigenvalue weighted by Gasteiger charge is 2.13. The average molecular weight is 269 g/mol. The van der Waals surface area contributed by atoms with Gasteiger partial charge in [-0.2, -0.15) is 0 Å². The summed E-state index contributed by atoms with van der Waals surface area (Å²) >= 11 is 5.64. The first kappa shape index (κ1) is 14.5. The zero-order valence-corrected chi connectivity index (χ0v) is 11.5. The van der Waals surface area contributed by atoms with Crippen LogP contribution in [0.1, 0.15) is 19.4 Å². The van der Waals surface area contributed by atoms with Crippen LogP contribution >= 0.6 is 11.6 Å². The van der Waals surface area contributed by atoms with Gasteiger partial charge in [-0.15, -0.1) is 11.6 Å². The Kier molecular flexibility index (Phi) is 5.16. The molecule has 0 bridgehead atoms. The number of carbonyl (C=O) groups is 2. The lowest BCUT2D eigenvalue weighted by molar-refractivity contribution is -0.118. The fourth-order valence-electron chi connectivity index (χ4n) is 1.36. The molecule has 1 aromatic carbocycles. The molecular formula is C13H17ClN2O2. The fraction of sp³-hybridized carbons (Fsp3) is 0.385. The first-order valence-electron chi connectivity index (χ1n) is 5.69. The Morgan fingerprint density at radius 3 is 2.56 bits per heavy atom. The normalized spacial score (nSPS) is 11.8. The minimum Gasteiger partial charge on any atom is -0.326 e. The first-order valence-corrected chi connectivity index (χ1v) is 6.22. The topological polar surface area (TPSA) is 58.2 Å². The van der Waals surface area contributed by atoms with E-state index < -0.39 is 0 Å². The van der Waals surface area contributed by atoms with E-state index in [-0.39, 0.29) is 23.6 Å². The SMILES string of the molecule is CC(=O)Nc1ccc(C)c(NC(=O)C(C)CCl)c1. The Bertz CT molecular complexity index is 460. The number of hydrogen-bond donors (Lipinski definition) is 2. The summed E-state index contributed by atoms with van der Waals surface area (Å²) in [6.07, 6.45) is 0. The minimum atomic E-state index is -0.254. The highest BCUT2D eigenvalue weighted by molar-refractivity contribution is 6.19. The molecule has 5 heteroatoms. The smallest absolute Gasteiger partial charge is 0.228 e. The van der Waals surface area contributed by atoms with E-state index in [1.54, 1.807) is 19.1 Å². The zero-order chi connectivity index (χ0) is 13.7. The third kappa shape index (κ3) is 4.04. The molecule has 2 amide bonds. The molecule has 4 nitrogen and oxygen atoms in total. The van der Waals surface area contributed by atoms with Gasteiger partial charge in [-0.3, -0.25) is 9.59 Å². The van der Waals surface area contributed by atoms with Gasteiger partial charge in [0.05, 0.1) is 0 Å². The number of halogens is 1. The maximum atomic E-state index is 11.7. The monoisotopic (exact) mass is 268 g/mol. The predicted molar refractivity (Wildman–Crippen MR) is 74.0 cm³/mol. The summed E-state index contributed by atoms with van der Waals surface area (Å²) in [5, 5.41) is 5.47. The molecule has 1 rings (SSSR count). The van der Waals surface area contributed by atoms with Gasteiger partial charge in [0.2, 0.25) is 11.8 Å². The highest BCUT2D eigenvalue weighted by atomic mass is 35.5. The van der Waals surface area contributed by atoms with Gasteiger partial charge in [0, 0.05) is 30.1 Å². The Morgan fingerprint density at radius 1 is 1.33 bits per heavy atom. The molecule has 0 saturated heterocycles. The molecule has 1 unspecified atom stereocenters. The van der Waals surface area contributed by atoms with Crippen LogP contribution in [0, 0.1) is 12.8 Å². The van der Waals surface area contributed by atoms with Crippen molar-refractivity contribution in [3.8, 4) is 0 Å². The Labute approximate surface area is 112 Å². The van der Waals surface area contributed by atoms with Gasteiger partial charge in [-0.25, -0.2) is 0 Å². The summed E-state index contributed by atoms with van der Waals surface area (Å²) in [7, 11) is 0. The van der Waals surface area contributed by atoms with Crippen molar-refractivity contribution in [1.82, 2.24) is 0 Å². The lowest BCUT2D eigenvalue weighted by Crippen LogP contribution is -2.22. The van der Waals surface area contributed by atoms with Crippen molar-refractivity contribution in [3.63, 3.8) is 0 Å². The van der Waals surface area contributed by atoms with Crippen molar-refractivity contribution in [2.24, 2.45) is 5.92 Å². The molecule has 0 aliphatic rings. The summed E-state index contributed by atoms with van der Waals surface area (Å²) in [5.41, 5.74) is 2.27. The van der Waals surface area contributed by atoms with Crippen LogP contribution in [0.15, 0.2) is 18.2 Å². The number of carbonyl (C=O) groups excluding carboxylic acids is 2. The molecule has 0 fully saturated rings. The lowest BCUT2D eigenvalue weighted by atomic mass is 10.1. The highest BCUT2D eigenvalue weighted by Crippen LogP contribution is 2.21. The number of aryl methyl sites for hydroxylation is 1. The van der Waals surface area contributed by atoms with Crippen molar-refractivity contribution < 1.29 is 9.59 Å². The molecule has 0 aliphatic heterocycles. The summed E-state index contributed by atoms with van der Waals surface area (Å²) in [6, 6.07) is 5.36. The van der Waals surface area contributed by atoms with E-state index in [2.05, 4.69) is 10.6 Å². The van der Waals surface area contributed by atoms with E-state index >= 15 is 0 Å². The fourth-order valence-corrected chi connectivity index (χ4v) is 1.50. The van der Waals surface area contributed by atoms with Crippen molar-refractivity contribution >= 4 is 34.8 Å². The third-order valence-electron chi connectivity index (χ3n) is 2.49. The number of alkyl halides is 1. The number of amides is 2. The number of rotatable bonds is 4. The summed E-state index contributed by atoms with van der Waals surface area (Å²) in [4.78, 5) is 22.7. The molecule has 0 aromatic heterocycles. The van der Waals surface area contributed by atoms with E-state index in [1.165, 1.54) is 6.92 Å². The van der Waals surface area contributed by atoms with Gasteiger partial charge in [-0.1, -0.05) is 13.0 Å². The molecule has 0 heterocycles. The molecule has 0 spiro atoms. The van der Waals surface area contributed by atoms with Crippen molar-refractivity contribution in [2.45, 2.75) is 20.8 Å². The standard InChI is InChI=1S/C13H17ClN2O2/c1-8-4-5-11(15-10(3)17)6-12(8)16-13(18)9(2)7-14/h4-6,9H,7H2,1-3H3,(H,15,17)(H,16,18). The van der Waals surface area contributed by atoms with Crippen LogP contribution in [0.2, 0.25) is 0 Å². The summed E-state index contributed by atoms with van der Waals surface area (Å²) in [6.45, 7) is 5.08. The van der Waals surface area contributed by atoms with E-state index in [4.69, 9.17) is 11.6 Å². The van der Waals surface area contributed by atoms with E-state index in [0.29, 0.717) is 11.4 Å². The average Bonchev–Trinajstić information content (AvgIpc) is 2.31. The number of hydrogen-bond acceptors (Lipinski definition) is 2. The van der Waals surface area contributed by atoms with E-state index in [9.17, 15) is 9.59 Å². The van der Waals surface area contributed by atoms with Crippen LogP contribution in [-0.4, -0.2) is 17.7 Å². The Morgan fingerprint density at radius 2 is 2.00 bits per heavy atom. The Balaban J connectivity index is 2.87. The van der Waals surface area contributed by atoms with Crippen molar-refractivity contribution in [2.75, 3.05) is 16.5 Å². The van der Waals surface area contributed by atoms with Crippen LogP contribution in [-0.2, 0) is 9.59 Å². The van der Waals surface area contributed by atoms with Crippen LogP contribution in [0.3, 0.4) is 0 Å². The van der Waals surface area contributed by atoms with E-state index in [0.717, 1.165) is 5.56 Å². The maximum Gasteiger partial charge on any atom is 0.228 e. The largest absolute Gasteiger partial charge is 0.326 e. The van der Waals surface area contributed by atoms with Gasteiger partial charge in [-0.05, 0) is 24.6 Å². The second-order valence-corrected chi connectivity index (χ2v) is 4.56. The number of benzene rings is 1.